The lowest BCUT2D eigenvalue weighted by atomic mass is 10.1. The summed E-state index contributed by atoms with van der Waals surface area (Å²) in [4.78, 5) is 42.0. The van der Waals surface area contributed by atoms with Gasteiger partial charge in [0, 0.05) is 33.6 Å². The quantitative estimate of drug-likeness (QED) is 0.506. The van der Waals surface area contributed by atoms with Crippen LogP contribution in [0.25, 0.3) is 28.2 Å². The molecule has 8 nitrogen and oxygen atoms in total. The molecule has 4 aromatic rings. The average molecular weight is 351 g/mol. The van der Waals surface area contributed by atoms with Crippen LogP contribution in [0.3, 0.4) is 0 Å². The van der Waals surface area contributed by atoms with Crippen LogP contribution in [0.1, 0.15) is 17.4 Å². The van der Waals surface area contributed by atoms with Gasteiger partial charge in [-0.1, -0.05) is 30.3 Å². The first-order valence-corrected chi connectivity index (χ1v) is 8.07. The summed E-state index contributed by atoms with van der Waals surface area (Å²) in [5.74, 6) is 0.243. The Balaban J connectivity index is 2.31. The second-order valence-corrected chi connectivity index (χ2v) is 6.30. The van der Waals surface area contributed by atoms with Crippen molar-refractivity contribution in [1.29, 1.82) is 0 Å². The number of nitrogens with zero attached hydrogens (tertiary/aromatic N) is 5. The SMILES string of the molecule is CC(=O)c1c(-c2ccccc2)n(C)c2nc3c(c(=O)n(C)c(=O)n3C)n12. The molecule has 0 spiro atoms. The van der Waals surface area contributed by atoms with Gasteiger partial charge in [-0.2, -0.15) is 4.98 Å². The molecule has 0 unspecified atom stereocenters. The standard InChI is InChI=1S/C18H17N5O3/c1-10(24)12-13(11-8-6-5-7-9-11)20(2)17-19-15-14(23(12)17)16(25)22(4)18(26)21(15)3/h5-9H,1-4H3. The number of aromatic nitrogens is 5. The van der Waals surface area contributed by atoms with Crippen LogP contribution in [0.15, 0.2) is 39.9 Å². The molecule has 3 aromatic heterocycles. The highest BCUT2D eigenvalue weighted by atomic mass is 16.2. The Labute approximate surface area is 147 Å². The van der Waals surface area contributed by atoms with E-state index >= 15 is 0 Å². The van der Waals surface area contributed by atoms with Crippen molar-refractivity contribution in [3.8, 4) is 11.3 Å². The first-order valence-electron chi connectivity index (χ1n) is 8.07. The van der Waals surface area contributed by atoms with Gasteiger partial charge in [0.1, 0.15) is 5.69 Å². The Kier molecular flexibility index (Phi) is 3.27. The number of benzene rings is 1. The lowest BCUT2D eigenvalue weighted by Gasteiger charge is -2.07. The lowest BCUT2D eigenvalue weighted by molar-refractivity contribution is 0.101. The molecule has 132 valence electrons. The van der Waals surface area contributed by atoms with Gasteiger partial charge in [-0.15, -0.1) is 0 Å². The van der Waals surface area contributed by atoms with E-state index in [4.69, 9.17) is 0 Å². The summed E-state index contributed by atoms with van der Waals surface area (Å²) < 4.78 is 5.67. The molecule has 8 heteroatoms. The Morgan fingerprint density at radius 3 is 2.23 bits per heavy atom. The predicted octanol–water partition coefficient (Wildman–Crippen LogP) is 1.09. The molecule has 26 heavy (non-hydrogen) atoms. The van der Waals surface area contributed by atoms with Crippen LogP contribution in [-0.2, 0) is 21.1 Å². The Hall–Kier alpha value is -3.42. The molecule has 0 aliphatic heterocycles. The minimum absolute atomic E-state index is 0.190. The van der Waals surface area contributed by atoms with E-state index in [1.165, 1.54) is 18.5 Å². The molecule has 3 heterocycles. The summed E-state index contributed by atoms with van der Waals surface area (Å²) in [6, 6.07) is 9.46. The van der Waals surface area contributed by atoms with E-state index in [0.29, 0.717) is 17.2 Å². The fourth-order valence-electron chi connectivity index (χ4n) is 3.44. The van der Waals surface area contributed by atoms with Gasteiger partial charge in [-0.3, -0.25) is 23.1 Å². The van der Waals surface area contributed by atoms with E-state index in [9.17, 15) is 14.4 Å². The number of carbonyl (C=O) groups excluding carboxylic acids is 1. The number of ketones is 1. The van der Waals surface area contributed by atoms with Gasteiger partial charge in [-0.25, -0.2) is 4.79 Å². The summed E-state index contributed by atoms with van der Waals surface area (Å²) in [5, 5.41) is 0. The van der Waals surface area contributed by atoms with Crippen molar-refractivity contribution in [2.45, 2.75) is 6.92 Å². The van der Waals surface area contributed by atoms with Crippen molar-refractivity contribution >= 4 is 22.7 Å². The van der Waals surface area contributed by atoms with Crippen LogP contribution in [-0.4, -0.2) is 28.9 Å². The van der Waals surface area contributed by atoms with Crippen molar-refractivity contribution < 1.29 is 4.79 Å². The molecule has 0 N–H and O–H groups in total. The van der Waals surface area contributed by atoms with Gasteiger partial charge >= 0.3 is 5.69 Å². The second-order valence-electron chi connectivity index (χ2n) is 6.30. The van der Waals surface area contributed by atoms with Crippen molar-refractivity contribution in [2.24, 2.45) is 21.1 Å². The third-order valence-corrected chi connectivity index (χ3v) is 4.70. The van der Waals surface area contributed by atoms with Crippen molar-refractivity contribution in [1.82, 2.24) is 23.1 Å². The molecule has 0 fully saturated rings. The number of hydrogen-bond donors (Lipinski definition) is 0. The fraction of sp³-hybridized carbons (Fsp3) is 0.222. The Morgan fingerprint density at radius 1 is 0.962 bits per heavy atom. The van der Waals surface area contributed by atoms with Gasteiger partial charge in [0.25, 0.3) is 5.56 Å². The van der Waals surface area contributed by atoms with E-state index in [2.05, 4.69) is 4.98 Å². The zero-order valence-corrected chi connectivity index (χ0v) is 14.8. The molecule has 0 bridgehead atoms. The van der Waals surface area contributed by atoms with E-state index < -0.39 is 11.2 Å². The summed E-state index contributed by atoms with van der Waals surface area (Å²) >= 11 is 0. The molecule has 0 aliphatic carbocycles. The zero-order valence-electron chi connectivity index (χ0n) is 14.8. The first kappa shape index (κ1) is 16.1. The van der Waals surface area contributed by atoms with E-state index in [1.54, 1.807) is 23.1 Å². The van der Waals surface area contributed by atoms with Gasteiger partial charge in [0.05, 0.1) is 5.69 Å². The fourth-order valence-corrected chi connectivity index (χ4v) is 3.44. The molecule has 0 saturated heterocycles. The third kappa shape index (κ3) is 1.89. The molecule has 4 rings (SSSR count). The third-order valence-electron chi connectivity index (χ3n) is 4.70. The van der Waals surface area contributed by atoms with Gasteiger partial charge in [0.2, 0.25) is 5.78 Å². The van der Waals surface area contributed by atoms with Crippen LogP contribution in [0.4, 0.5) is 0 Å². The molecule has 0 aliphatic rings. The first-order chi connectivity index (χ1) is 12.3. The largest absolute Gasteiger partial charge is 0.332 e. The van der Waals surface area contributed by atoms with Crippen LogP contribution in [0, 0.1) is 0 Å². The number of imidazole rings is 2. The average Bonchev–Trinajstić information content (AvgIpc) is 3.14. The normalized spacial score (nSPS) is 11.5. The summed E-state index contributed by atoms with van der Waals surface area (Å²) in [6.07, 6.45) is 0. The maximum absolute atomic E-state index is 12.8. The van der Waals surface area contributed by atoms with Gasteiger partial charge < -0.3 is 4.57 Å². The molecule has 0 atom stereocenters. The molecule has 0 amide bonds. The number of hydrogen-bond acceptors (Lipinski definition) is 4. The number of carbonyl (C=O) groups is 1. The zero-order chi connectivity index (χ0) is 18.7. The van der Waals surface area contributed by atoms with E-state index in [-0.39, 0.29) is 16.9 Å². The minimum atomic E-state index is -0.483. The minimum Gasteiger partial charge on any atom is -0.312 e. The Morgan fingerprint density at radius 2 is 1.62 bits per heavy atom. The number of fused-ring (bicyclic) bond motifs is 3. The van der Waals surface area contributed by atoms with E-state index in [1.807, 2.05) is 30.3 Å². The summed E-state index contributed by atoms with van der Waals surface area (Å²) in [7, 11) is 4.76. The molecule has 0 saturated carbocycles. The predicted molar refractivity (Wildman–Crippen MR) is 97.6 cm³/mol. The topological polar surface area (TPSA) is 83.3 Å². The lowest BCUT2D eigenvalue weighted by Crippen LogP contribution is -2.37. The maximum atomic E-state index is 12.8. The second kappa shape index (κ2) is 5.29. The van der Waals surface area contributed by atoms with Crippen molar-refractivity contribution in [2.75, 3.05) is 0 Å². The molecule has 0 radical (unpaired) electrons. The summed E-state index contributed by atoms with van der Waals surface area (Å²) in [5.41, 5.74) is 1.42. The monoisotopic (exact) mass is 351 g/mol. The number of rotatable bonds is 2. The molecular formula is C18H17N5O3. The smallest absolute Gasteiger partial charge is 0.312 e. The highest BCUT2D eigenvalue weighted by Gasteiger charge is 2.26. The van der Waals surface area contributed by atoms with Crippen molar-refractivity contribution in [3.63, 3.8) is 0 Å². The Bertz CT molecular complexity index is 1320. The maximum Gasteiger partial charge on any atom is 0.332 e. The van der Waals surface area contributed by atoms with Crippen LogP contribution >= 0.6 is 0 Å². The number of aryl methyl sites for hydroxylation is 2. The summed E-state index contributed by atoms with van der Waals surface area (Å²) in [6.45, 7) is 1.46. The van der Waals surface area contributed by atoms with Gasteiger partial charge in [-0.05, 0) is 0 Å². The van der Waals surface area contributed by atoms with Gasteiger partial charge in [0.15, 0.2) is 16.9 Å². The van der Waals surface area contributed by atoms with Crippen LogP contribution < -0.4 is 11.2 Å². The van der Waals surface area contributed by atoms with Crippen LogP contribution in [0.5, 0.6) is 0 Å². The van der Waals surface area contributed by atoms with E-state index in [0.717, 1.165) is 10.1 Å². The highest BCUT2D eigenvalue weighted by molar-refractivity contribution is 6.01. The molecular weight excluding hydrogens is 334 g/mol. The van der Waals surface area contributed by atoms with Crippen molar-refractivity contribution in [3.05, 3.63) is 56.9 Å². The van der Waals surface area contributed by atoms with Crippen LogP contribution in [0.2, 0.25) is 0 Å². The molecule has 1 aromatic carbocycles. The number of Topliss-reactive ketones (excluding diaryl/α,β-unsaturated/α-hetero) is 1. The highest BCUT2D eigenvalue weighted by Crippen LogP contribution is 2.29.